The fourth-order valence-electron chi connectivity index (χ4n) is 3.14. The predicted molar refractivity (Wildman–Crippen MR) is 114 cm³/mol. The number of nitrogens with zero attached hydrogens (tertiary/aromatic N) is 3. The smallest absolute Gasteiger partial charge is 0.268 e. The quantitative estimate of drug-likeness (QED) is 0.502. The van der Waals surface area contributed by atoms with Crippen molar-refractivity contribution in [1.29, 1.82) is 5.26 Å². The van der Waals surface area contributed by atoms with Gasteiger partial charge in [0.1, 0.15) is 11.6 Å². The molecular weight excluding hydrogens is 368 g/mol. The van der Waals surface area contributed by atoms with Crippen molar-refractivity contribution in [2.45, 2.75) is 34.6 Å². The van der Waals surface area contributed by atoms with Crippen LogP contribution in [0.5, 0.6) is 0 Å². The summed E-state index contributed by atoms with van der Waals surface area (Å²) in [4.78, 5) is 16.7. The Balaban J connectivity index is 1.98. The first-order valence-corrected chi connectivity index (χ1v) is 9.80. The summed E-state index contributed by atoms with van der Waals surface area (Å²) in [6.07, 6.45) is 1.64. The number of thiazole rings is 1. The molecule has 0 saturated carbocycles. The number of aryl methyl sites for hydroxylation is 4. The van der Waals surface area contributed by atoms with E-state index in [1.54, 1.807) is 6.08 Å². The Kier molecular flexibility index (Phi) is 5.48. The second-order valence-corrected chi connectivity index (χ2v) is 7.73. The normalized spacial score (nSPS) is 11.4. The first-order chi connectivity index (χ1) is 13.3. The van der Waals surface area contributed by atoms with Crippen molar-refractivity contribution in [3.63, 3.8) is 0 Å². The molecule has 0 aliphatic heterocycles. The number of amides is 1. The van der Waals surface area contributed by atoms with Gasteiger partial charge in [0.15, 0.2) is 5.13 Å². The molecule has 0 fully saturated rings. The topological polar surface area (TPSA) is 70.7 Å². The molecule has 6 heteroatoms. The Morgan fingerprint density at radius 1 is 1.21 bits per heavy atom. The largest absolute Gasteiger partial charge is 0.318 e. The molecule has 2 heterocycles. The molecule has 142 valence electrons. The van der Waals surface area contributed by atoms with E-state index in [9.17, 15) is 10.1 Å². The molecule has 0 saturated heterocycles. The third kappa shape index (κ3) is 3.90. The van der Waals surface area contributed by atoms with Crippen LogP contribution in [0.3, 0.4) is 0 Å². The summed E-state index contributed by atoms with van der Waals surface area (Å²) in [6, 6.07) is 10.3. The minimum atomic E-state index is -0.451. The third-order valence-corrected chi connectivity index (χ3v) is 5.46. The summed E-state index contributed by atoms with van der Waals surface area (Å²) >= 11 is 1.34. The Morgan fingerprint density at radius 2 is 1.96 bits per heavy atom. The zero-order chi connectivity index (χ0) is 20.4. The predicted octanol–water partition coefficient (Wildman–Crippen LogP) is 5.02. The number of benzene rings is 1. The highest BCUT2D eigenvalue weighted by Crippen LogP contribution is 2.26. The molecule has 1 N–H and O–H groups in total. The lowest BCUT2D eigenvalue weighted by Gasteiger charge is -2.13. The van der Waals surface area contributed by atoms with Gasteiger partial charge in [-0.2, -0.15) is 5.26 Å². The second-order valence-electron chi connectivity index (χ2n) is 6.87. The summed E-state index contributed by atoms with van der Waals surface area (Å²) in [5.74, 6) is -0.451. The van der Waals surface area contributed by atoms with Crippen molar-refractivity contribution in [2.75, 3.05) is 5.32 Å². The van der Waals surface area contributed by atoms with Gasteiger partial charge in [-0.05, 0) is 69.5 Å². The zero-order valence-electron chi connectivity index (χ0n) is 16.6. The van der Waals surface area contributed by atoms with Crippen molar-refractivity contribution < 1.29 is 4.79 Å². The van der Waals surface area contributed by atoms with Gasteiger partial charge in [-0.3, -0.25) is 10.1 Å². The van der Waals surface area contributed by atoms with E-state index in [0.717, 1.165) is 28.3 Å². The van der Waals surface area contributed by atoms with Gasteiger partial charge < -0.3 is 4.57 Å². The number of nitriles is 1. The zero-order valence-corrected chi connectivity index (χ0v) is 17.4. The van der Waals surface area contributed by atoms with Crippen molar-refractivity contribution in [3.05, 3.63) is 69.0 Å². The van der Waals surface area contributed by atoms with Crippen molar-refractivity contribution in [3.8, 4) is 11.8 Å². The average Bonchev–Trinajstić information content (AvgIpc) is 3.17. The minimum absolute atomic E-state index is 0.0501. The molecule has 0 unspecified atom stereocenters. The van der Waals surface area contributed by atoms with E-state index in [2.05, 4.69) is 46.9 Å². The number of anilines is 1. The first kappa shape index (κ1) is 19.6. The summed E-state index contributed by atoms with van der Waals surface area (Å²) in [5.41, 5.74) is 7.22. The molecule has 3 aromatic rings. The molecule has 0 spiro atoms. The van der Waals surface area contributed by atoms with Crippen LogP contribution in [0, 0.1) is 45.9 Å². The number of rotatable bonds is 4. The number of hydrogen-bond donors (Lipinski definition) is 1. The van der Waals surface area contributed by atoms with Crippen LogP contribution in [0.4, 0.5) is 5.13 Å². The van der Waals surface area contributed by atoms with Crippen LogP contribution in [0.15, 0.2) is 35.2 Å². The van der Waals surface area contributed by atoms with Gasteiger partial charge in [0.2, 0.25) is 0 Å². The molecule has 0 atom stereocenters. The molecule has 1 aromatic carbocycles. The van der Waals surface area contributed by atoms with Gasteiger partial charge in [0, 0.05) is 22.5 Å². The molecule has 3 rings (SSSR count). The Bertz CT molecular complexity index is 1130. The van der Waals surface area contributed by atoms with E-state index in [0.29, 0.717) is 5.13 Å². The first-order valence-electron chi connectivity index (χ1n) is 8.92. The maximum atomic E-state index is 12.5. The summed E-state index contributed by atoms with van der Waals surface area (Å²) in [7, 11) is 0. The lowest BCUT2D eigenvalue weighted by molar-refractivity contribution is -0.112. The van der Waals surface area contributed by atoms with Crippen LogP contribution in [-0.2, 0) is 4.79 Å². The number of carbonyl (C=O) groups excluding carboxylic acids is 1. The van der Waals surface area contributed by atoms with Gasteiger partial charge in [-0.1, -0.05) is 12.1 Å². The Morgan fingerprint density at radius 3 is 2.61 bits per heavy atom. The van der Waals surface area contributed by atoms with Crippen LogP contribution in [0.2, 0.25) is 0 Å². The van der Waals surface area contributed by atoms with E-state index < -0.39 is 5.91 Å². The number of nitrogens with one attached hydrogen (secondary N) is 1. The molecule has 0 aliphatic rings. The van der Waals surface area contributed by atoms with Crippen molar-refractivity contribution in [2.24, 2.45) is 0 Å². The number of hydrogen-bond acceptors (Lipinski definition) is 4. The van der Waals surface area contributed by atoms with Gasteiger partial charge in [0.25, 0.3) is 5.91 Å². The molecule has 1 amide bonds. The molecule has 2 aromatic heterocycles. The van der Waals surface area contributed by atoms with E-state index in [1.807, 2.05) is 38.3 Å². The monoisotopic (exact) mass is 390 g/mol. The van der Waals surface area contributed by atoms with Crippen LogP contribution in [0.25, 0.3) is 11.8 Å². The van der Waals surface area contributed by atoms with Crippen LogP contribution < -0.4 is 5.32 Å². The highest BCUT2D eigenvalue weighted by atomic mass is 32.1. The van der Waals surface area contributed by atoms with Crippen LogP contribution in [-0.4, -0.2) is 15.5 Å². The third-order valence-electron chi connectivity index (χ3n) is 4.58. The standard InChI is InChI=1S/C22H22N4OS/c1-13-6-7-14(2)20(8-13)26-16(4)9-18(17(26)5)10-19(11-23)21(27)25-22-24-15(3)12-28-22/h6-10,12H,1-5H3,(H,24,25,27). The minimum Gasteiger partial charge on any atom is -0.318 e. The van der Waals surface area contributed by atoms with E-state index >= 15 is 0 Å². The molecule has 28 heavy (non-hydrogen) atoms. The highest BCUT2D eigenvalue weighted by molar-refractivity contribution is 7.13. The highest BCUT2D eigenvalue weighted by Gasteiger charge is 2.15. The number of carbonyl (C=O) groups is 1. The van der Waals surface area contributed by atoms with E-state index in [4.69, 9.17) is 0 Å². The summed E-state index contributed by atoms with van der Waals surface area (Å²) in [5, 5.41) is 14.5. The van der Waals surface area contributed by atoms with Gasteiger partial charge in [-0.15, -0.1) is 11.3 Å². The molecule has 0 radical (unpaired) electrons. The maximum absolute atomic E-state index is 12.5. The molecule has 5 nitrogen and oxygen atoms in total. The summed E-state index contributed by atoms with van der Waals surface area (Å²) in [6.45, 7) is 10.0. The average molecular weight is 391 g/mol. The Labute approximate surface area is 169 Å². The van der Waals surface area contributed by atoms with Gasteiger partial charge in [-0.25, -0.2) is 4.98 Å². The lowest BCUT2D eigenvalue weighted by Crippen LogP contribution is -2.13. The van der Waals surface area contributed by atoms with Crippen molar-refractivity contribution >= 4 is 28.5 Å². The van der Waals surface area contributed by atoms with E-state index in [1.165, 1.54) is 22.5 Å². The summed E-state index contributed by atoms with van der Waals surface area (Å²) < 4.78 is 2.16. The van der Waals surface area contributed by atoms with E-state index in [-0.39, 0.29) is 5.57 Å². The fraction of sp³-hybridized carbons (Fsp3) is 0.227. The lowest BCUT2D eigenvalue weighted by atomic mass is 10.1. The van der Waals surface area contributed by atoms with Crippen molar-refractivity contribution in [1.82, 2.24) is 9.55 Å². The fourth-order valence-corrected chi connectivity index (χ4v) is 3.83. The van der Waals surface area contributed by atoms with Crippen LogP contribution >= 0.6 is 11.3 Å². The second kappa shape index (κ2) is 7.83. The maximum Gasteiger partial charge on any atom is 0.268 e. The number of aromatic nitrogens is 2. The molecule has 0 aliphatic carbocycles. The molecular formula is C22H22N4OS. The van der Waals surface area contributed by atoms with Crippen LogP contribution in [0.1, 0.15) is 33.8 Å². The molecule has 0 bridgehead atoms. The van der Waals surface area contributed by atoms with Gasteiger partial charge in [0.05, 0.1) is 5.69 Å². The Hall–Kier alpha value is -3.17. The SMILES string of the molecule is Cc1ccc(C)c(-n2c(C)cc(C=C(C#N)C(=O)Nc3nc(C)cs3)c2C)c1. The van der Waals surface area contributed by atoms with Gasteiger partial charge >= 0.3 is 0 Å².